The first-order valence-corrected chi connectivity index (χ1v) is 21.8. The third-order valence-corrected chi connectivity index (χ3v) is 10.6. The number of carbonyl (C=O) groups excluding carboxylic acids is 2. The van der Waals surface area contributed by atoms with Crippen LogP contribution in [0.5, 0.6) is 23.0 Å². The van der Waals surface area contributed by atoms with Gasteiger partial charge in [0.2, 0.25) is 0 Å². The maximum Gasteiger partial charge on any atom is 0.343 e. The predicted molar refractivity (Wildman–Crippen MR) is 233 cm³/mol. The normalized spacial score (nSPS) is 11.8. The standard InChI is InChI=1S/C48H58N2O11/c1-3-5-7-9-11-13-15-17-27-58-39-23-19-35(20-24-39)47(51)60-41-29-37-33-57-34-38-30-42(32-44(50(55)56)46(38)45(37)43(31-41)49(53)54)61-48(52)36-21-25-40(26-22-36)59-28-18-16-14-12-10-8-6-4-2/h19-26,29-32H,3-18,27-28,33-34H2,1-2H3. The SMILES string of the molecule is CCCCCCCCCCOc1ccc(C(=O)Oc2cc3c(c([N+](=O)[O-])c2)-c2c(cc(OC(=O)c4ccc(OCCCCCCCCCC)cc4)cc2[N+](=O)[O-])COC3)cc1. The molecule has 326 valence electrons. The van der Waals surface area contributed by atoms with E-state index in [0.717, 1.165) is 37.8 Å². The van der Waals surface area contributed by atoms with Crippen LogP contribution in [-0.2, 0) is 18.0 Å². The second kappa shape index (κ2) is 24.4. The van der Waals surface area contributed by atoms with Crippen molar-refractivity contribution >= 4 is 23.3 Å². The highest BCUT2D eigenvalue weighted by Gasteiger charge is 2.33. The topological polar surface area (TPSA) is 167 Å². The van der Waals surface area contributed by atoms with E-state index in [-0.39, 0.29) is 58.1 Å². The van der Waals surface area contributed by atoms with Gasteiger partial charge >= 0.3 is 11.9 Å². The van der Waals surface area contributed by atoms with E-state index < -0.39 is 33.2 Å². The molecule has 0 unspecified atom stereocenters. The average Bonchev–Trinajstić information content (AvgIpc) is 3.44. The maximum atomic E-state index is 13.2. The van der Waals surface area contributed by atoms with E-state index in [9.17, 15) is 29.8 Å². The minimum absolute atomic E-state index is 0.0533. The van der Waals surface area contributed by atoms with Crippen LogP contribution in [0.1, 0.15) is 148 Å². The van der Waals surface area contributed by atoms with Crippen LogP contribution in [0.2, 0.25) is 0 Å². The van der Waals surface area contributed by atoms with Gasteiger partial charge in [0.15, 0.2) is 0 Å². The number of carbonyl (C=O) groups is 2. The number of nitro groups is 2. The minimum atomic E-state index is -0.753. The quantitative estimate of drug-likeness (QED) is 0.0194. The van der Waals surface area contributed by atoms with Gasteiger partial charge in [0.05, 0.1) is 70.7 Å². The van der Waals surface area contributed by atoms with Crippen LogP contribution in [-0.4, -0.2) is 35.0 Å². The van der Waals surface area contributed by atoms with Crippen molar-refractivity contribution < 1.29 is 43.1 Å². The zero-order valence-corrected chi connectivity index (χ0v) is 35.5. The average molecular weight is 839 g/mol. The number of benzene rings is 4. The first-order chi connectivity index (χ1) is 29.7. The molecule has 0 fully saturated rings. The molecule has 0 aliphatic carbocycles. The van der Waals surface area contributed by atoms with E-state index in [0.29, 0.717) is 24.7 Å². The molecule has 0 amide bonds. The lowest BCUT2D eigenvalue weighted by atomic mass is 9.93. The van der Waals surface area contributed by atoms with Crippen molar-refractivity contribution in [1.29, 1.82) is 0 Å². The number of esters is 2. The molecule has 0 N–H and O–H groups in total. The van der Waals surface area contributed by atoms with Gasteiger partial charge in [-0.25, -0.2) is 9.59 Å². The molecule has 0 bridgehead atoms. The zero-order chi connectivity index (χ0) is 43.4. The summed E-state index contributed by atoms with van der Waals surface area (Å²) in [6, 6.07) is 17.8. The molecule has 0 aromatic heterocycles. The molecule has 1 aliphatic heterocycles. The fraction of sp³-hybridized carbons (Fsp3) is 0.458. The van der Waals surface area contributed by atoms with Gasteiger partial charge in [0, 0.05) is 0 Å². The van der Waals surface area contributed by atoms with E-state index in [4.69, 9.17) is 23.7 Å². The maximum absolute atomic E-state index is 13.2. The molecule has 4 aromatic rings. The van der Waals surface area contributed by atoms with Crippen molar-refractivity contribution in [2.45, 2.75) is 130 Å². The smallest absolute Gasteiger partial charge is 0.343 e. The fourth-order valence-corrected chi connectivity index (χ4v) is 7.35. The van der Waals surface area contributed by atoms with E-state index in [1.54, 1.807) is 48.5 Å². The molecule has 4 aromatic carbocycles. The van der Waals surface area contributed by atoms with E-state index in [1.165, 1.54) is 89.2 Å². The Bertz CT molecular complexity index is 1920. The predicted octanol–water partition coefficient (Wildman–Crippen LogP) is 12.7. The highest BCUT2D eigenvalue weighted by atomic mass is 16.6. The number of nitro benzene ring substituents is 2. The van der Waals surface area contributed by atoms with Crippen LogP contribution >= 0.6 is 0 Å². The molecule has 1 aliphatic rings. The van der Waals surface area contributed by atoms with Crippen molar-refractivity contribution in [3.8, 4) is 34.1 Å². The summed E-state index contributed by atoms with van der Waals surface area (Å²) in [5.74, 6) is -0.543. The second-order valence-electron chi connectivity index (χ2n) is 15.4. The van der Waals surface area contributed by atoms with Crippen LogP contribution < -0.4 is 18.9 Å². The first kappa shape index (κ1) is 46.2. The van der Waals surface area contributed by atoms with Gasteiger partial charge in [0.25, 0.3) is 11.4 Å². The Labute approximate surface area is 358 Å². The molecule has 13 heteroatoms. The molecule has 0 saturated carbocycles. The van der Waals surface area contributed by atoms with E-state index in [2.05, 4.69) is 13.8 Å². The van der Waals surface area contributed by atoms with Crippen LogP contribution in [0.25, 0.3) is 11.1 Å². The Balaban J connectivity index is 1.22. The van der Waals surface area contributed by atoms with Crippen LogP contribution in [0.15, 0.2) is 72.8 Å². The summed E-state index contributed by atoms with van der Waals surface area (Å²) in [5.41, 5.74) is -0.325. The minimum Gasteiger partial charge on any atom is -0.494 e. The number of ether oxygens (including phenoxy) is 5. The summed E-state index contributed by atoms with van der Waals surface area (Å²) in [6.45, 7) is 5.19. The summed E-state index contributed by atoms with van der Waals surface area (Å²) in [5, 5.41) is 25.0. The first-order valence-electron chi connectivity index (χ1n) is 21.8. The van der Waals surface area contributed by atoms with Crippen LogP contribution in [0.3, 0.4) is 0 Å². The van der Waals surface area contributed by atoms with E-state index >= 15 is 0 Å². The Morgan fingerprint density at radius 1 is 0.508 bits per heavy atom. The van der Waals surface area contributed by atoms with Gasteiger partial charge in [-0.2, -0.15) is 0 Å². The third-order valence-electron chi connectivity index (χ3n) is 10.6. The molecular weight excluding hydrogens is 781 g/mol. The molecule has 0 saturated heterocycles. The van der Waals surface area contributed by atoms with Gasteiger partial charge in [-0.3, -0.25) is 20.2 Å². The van der Waals surface area contributed by atoms with Crippen molar-refractivity contribution in [2.24, 2.45) is 0 Å². The highest BCUT2D eigenvalue weighted by Crippen LogP contribution is 2.47. The molecule has 13 nitrogen and oxygen atoms in total. The lowest BCUT2D eigenvalue weighted by Crippen LogP contribution is -2.10. The van der Waals surface area contributed by atoms with Crippen molar-refractivity contribution in [3.63, 3.8) is 0 Å². The van der Waals surface area contributed by atoms with Crippen LogP contribution in [0.4, 0.5) is 11.4 Å². The number of fused-ring (bicyclic) bond motifs is 3. The Hall–Kier alpha value is -5.82. The molecule has 1 heterocycles. The lowest BCUT2D eigenvalue weighted by molar-refractivity contribution is -0.386. The summed E-state index contributed by atoms with van der Waals surface area (Å²) in [4.78, 5) is 50.0. The molecule has 0 spiro atoms. The molecule has 0 radical (unpaired) electrons. The molecule has 61 heavy (non-hydrogen) atoms. The van der Waals surface area contributed by atoms with Gasteiger partial charge in [-0.1, -0.05) is 104 Å². The molecular formula is C48H58N2O11. The Morgan fingerprint density at radius 3 is 1.20 bits per heavy atom. The summed E-state index contributed by atoms with van der Waals surface area (Å²) < 4.78 is 28.7. The molecule has 0 atom stereocenters. The monoisotopic (exact) mass is 838 g/mol. The van der Waals surface area contributed by atoms with Crippen molar-refractivity contribution in [1.82, 2.24) is 0 Å². The number of rotatable bonds is 26. The van der Waals surface area contributed by atoms with Gasteiger partial charge in [-0.05, 0) is 84.6 Å². The summed E-state index contributed by atoms with van der Waals surface area (Å²) in [6.07, 6.45) is 19.0. The zero-order valence-electron chi connectivity index (χ0n) is 35.5. The number of hydrogen-bond donors (Lipinski definition) is 0. The third kappa shape index (κ3) is 14.1. The highest BCUT2D eigenvalue weighted by molar-refractivity contribution is 5.93. The Kier molecular flexibility index (Phi) is 18.5. The number of hydrogen-bond acceptors (Lipinski definition) is 11. The van der Waals surface area contributed by atoms with Crippen molar-refractivity contribution in [2.75, 3.05) is 13.2 Å². The number of nitrogens with zero attached hydrogens (tertiary/aromatic N) is 2. The number of unbranched alkanes of at least 4 members (excludes halogenated alkanes) is 14. The van der Waals surface area contributed by atoms with Gasteiger partial charge < -0.3 is 23.7 Å². The Morgan fingerprint density at radius 2 is 0.852 bits per heavy atom. The van der Waals surface area contributed by atoms with Gasteiger partial charge in [0.1, 0.15) is 23.0 Å². The van der Waals surface area contributed by atoms with E-state index in [1.807, 2.05) is 0 Å². The lowest BCUT2D eigenvalue weighted by Gasteiger charge is -2.14. The fourth-order valence-electron chi connectivity index (χ4n) is 7.35. The second-order valence-corrected chi connectivity index (χ2v) is 15.4. The van der Waals surface area contributed by atoms with Gasteiger partial charge in [-0.15, -0.1) is 0 Å². The largest absolute Gasteiger partial charge is 0.494 e. The van der Waals surface area contributed by atoms with Crippen LogP contribution in [0, 0.1) is 20.2 Å². The summed E-state index contributed by atoms with van der Waals surface area (Å²) >= 11 is 0. The summed E-state index contributed by atoms with van der Waals surface area (Å²) in [7, 11) is 0. The molecule has 5 rings (SSSR count). The van der Waals surface area contributed by atoms with Crippen molar-refractivity contribution in [3.05, 3.63) is 115 Å².